The third-order valence-electron chi connectivity index (χ3n) is 2.50. The van der Waals surface area contributed by atoms with Gasteiger partial charge in [0.1, 0.15) is 0 Å². The van der Waals surface area contributed by atoms with Crippen molar-refractivity contribution in [2.24, 2.45) is 0 Å². The van der Waals surface area contributed by atoms with Crippen LogP contribution in [0.2, 0.25) is 0 Å². The van der Waals surface area contributed by atoms with Gasteiger partial charge in [-0.25, -0.2) is 0 Å². The van der Waals surface area contributed by atoms with Crippen LogP contribution in [0.25, 0.3) is 11.3 Å². The first-order valence-corrected chi connectivity index (χ1v) is 4.86. The molecule has 0 amide bonds. The van der Waals surface area contributed by atoms with Gasteiger partial charge in [-0.05, 0) is 18.6 Å². The third kappa shape index (κ3) is 2.11. The Morgan fingerprint density at radius 2 is 2.00 bits per heavy atom. The molecule has 90 valence electrons. The maximum atomic E-state index is 12.7. The van der Waals surface area contributed by atoms with Crippen LogP contribution in [0, 0.1) is 6.92 Å². The highest BCUT2D eigenvalue weighted by molar-refractivity contribution is 5.72. The molecule has 0 aliphatic carbocycles. The van der Waals surface area contributed by atoms with Crippen LogP contribution in [0.15, 0.2) is 24.4 Å². The number of nitrogen functional groups attached to an aromatic ring is 1. The summed E-state index contributed by atoms with van der Waals surface area (Å²) in [5.74, 6) is 0. The van der Waals surface area contributed by atoms with E-state index in [-0.39, 0.29) is 5.56 Å². The van der Waals surface area contributed by atoms with Crippen LogP contribution >= 0.6 is 0 Å². The minimum absolute atomic E-state index is 0.180. The highest BCUT2D eigenvalue weighted by Gasteiger charge is 2.32. The summed E-state index contributed by atoms with van der Waals surface area (Å²) in [4.78, 5) is 0. The first-order valence-electron chi connectivity index (χ1n) is 4.86. The third-order valence-corrected chi connectivity index (χ3v) is 2.50. The highest BCUT2D eigenvalue weighted by Crippen LogP contribution is 2.35. The molecule has 3 nitrogen and oxygen atoms in total. The highest BCUT2D eigenvalue weighted by atomic mass is 19.4. The van der Waals surface area contributed by atoms with Crippen molar-refractivity contribution < 1.29 is 13.2 Å². The Kier molecular flexibility index (Phi) is 2.57. The number of hydrogen-bond donors (Lipinski definition) is 2. The number of aryl methyl sites for hydroxylation is 1. The standard InChI is InChI=1S/C11H10F3N3/c1-6-2-3-7(4-8(6)11(12,13)14)10-9(15)5-16-17-10/h2-5H,15H2,1H3,(H,16,17). The topological polar surface area (TPSA) is 54.7 Å². The molecule has 0 aliphatic rings. The molecule has 1 heterocycles. The van der Waals surface area contributed by atoms with Crippen molar-refractivity contribution in [3.8, 4) is 11.3 Å². The molecular formula is C11H10F3N3. The van der Waals surface area contributed by atoms with Crippen LogP contribution in [0.4, 0.5) is 18.9 Å². The van der Waals surface area contributed by atoms with E-state index in [9.17, 15) is 13.2 Å². The molecule has 1 aromatic carbocycles. The Hall–Kier alpha value is -1.98. The molecule has 3 N–H and O–H groups in total. The van der Waals surface area contributed by atoms with Gasteiger partial charge in [-0.15, -0.1) is 0 Å². The number of halogens is 3. The Labute approximate surface area is 95.5 Å². The maximum Gasteiger partial charge on any atom is 0.416 e. The molecule has 6 heteroatoms. The van der Waals surface area contributed by atoms with Gasteiger partial charge in [0.15, 0.2) is 0 Å². The summed E-state index contributed by atoms with van der Waals surface area (Å²) in [7, 11) is 0. The van der Waals surface area contributed by atoms with E-state index in [1.54, 1.807) is 6.07 Å². The quantitative estimate of drug-likeness (QED) is 0.806. The number of nitrogens with one attached hydrogen (secondary N) is 1. The molecule has 0 saturated carbocycles. The second-order valence-electron chi connectivity index (χ2n) is 3.73. The zero-order valence-electron chi connectivity index (χ0n) is 8.97. The molecule has 0 atom stereocenters. The number of aromatic amines is 1. The fourth-order valence-electron chi connectivity index (χ4n) is 1.61. The average Bonchev–Trinajstić information content (AvgIpc) is 2.63. The van der Waals surface area contributed by atoms with Gasteiger partial charge in [0.05, 0.1) is 23.1 Å². The summed E-state index contributed by atoms with van der Waals surface area (Å²) >= 11 is 0. The van der Waals surface area contributed by atoms with Gasteiger partial charge in [-0.1, -0.05) is 12.1 Å². The first-order chi connectivity index (χ1) is 7.89. The number of rotatable bonds is 1. The van der Waals surface area contributed by atoms with Crippen LogP contribution < -0.4 is 5.73 Å². The predicted molar refractivity (Wildman–Crippen MR) is 58.2 cm³/mol. The zero-order chi connectivity index (χ0) is 12.6. The lowest BCUT2D eigenvalue weighted by molar-refractivity contribution is -0.138. The minimum atomic E-state index is -4.37. The summed E-state index contributed by atoms with van der Waals surface area (Å²) in [6, 6.07) is 4.06. The van der Waals surface area contributed by atoms with E-state index in [0.717, 1.165) is 6.07 Å². The number of nitrogens with zero attached hydrogens (tertiary/aromatic N) is 1. The fourth-order valence-corrected chi connectivity index (χ4v) is 1.61. The molecule has 0 fully saturated rings. The van der Waals surface area contributed by atoms with Crippen molar-refractivity contribution in [1.29, 1.82) is 0 Å². The van der Waals surface area contributed by atoms with E-state index in [1.165, 1.54) is 19.2 Å². The van der Waals surface area contributed by atoms with Crippen molar-refractivity contribution in [3.63, 3.8) is 0 Å². The minimum Gasteiger partial charge on any atom is -0.396 e. The predicted octanol–water partition coefficient (Wildman–Crippen LogP) is 2.99. The van der Waals surface area contributed by atoms with Gasteiger partial charge >= 0.3 is 6.18 Å². The average molecular weight is 241 g/mol. The molecule has 0 radical (unpaired) electrons. The van der Waals surface area contributed by atoms with Gasteiger partial charge in [0, 0.05) is 5.56 Å². The molecule has 0 bridgehead atoms. The first kappa shape index (κ1) is 11.5. The molecule has 0 saturated heterocycles. The van der Waals surface area contributed by atoms with Crippen LogP contribution in [-0.2, 0) is 6.18 Å². The second-order valence-corrected chi connectivity index (χ2v) is 3.73. The normalized spacial score (nSPS) is 11.8. The fraction of sp³-hybridized carbons (Fsp3) is 0.182. The monoisotopic (exact) mass is 241 g/mol. The number of hydrogen-bond acceptors (Lipinski definition) is 2. The number of anilines is 1. The second kappa shape index (κ2) is 3.80. The van der Waals surface area contributed by atoms with Crippen LogP contribution in [0.5, 0.6) is 0 Å². The SMILES string of the molecule is Cc1ccc(-c2[nH]ncc2N)cc1C(F)(F)F. The van der Waals surface area contributed by atoms with E-state index >= 15 is 0 Å². The molecule has 17 heavy (non-hydrogen) atoms. The van der Waals surface area contributed by atoms with E-state index in [4.69, 9.17) is 5.73 Å². The lowest BCUT2D eigenvalue weighted by Crippen LogP contribution is -2.07. The zero-order valence-corrected chi connectivity index (χ0v) is 8.97. The van der Waals surface area contributed by atoms with Crippen molar-refractivity contribution in [1.82, 2.24) is 10.2 Å². The van der Waals surface area contributed by atoms with Gasteiger partial charge in [0.25, 0.3) is 0 Å². The van der Waals surface area contributed by atoms with Crippen LogP contribution in [0.1, 0.15) is 11.1 Å². The summed E-state index contributed by atoms with van der Waals surface area (Å²) in [6.07, 6.45) is -3.00. The van der Waals surface area contributed by atoms with Gasteiger partial charge < -0.3 is 5.73 Å². The lowest BCUT2D eigenvalue weighted by atomic mass is 10.0. The molecule has 2 rings (SSSR count). The van der Waals surface area contributed by atoms with Gasteiger partial charge in [-0.3, -0.25) is 5.10 Å². The van der Waals surface area contributed by atoms with E-state index in [2.05, 4.69) is 10.2 Å². The number of H-pyrrole nitrogens is 1. The number of alkyl halides is 3. The lowest BCUT2D eigenvalue weighted by Gasteiger charge is -2.11. The Balaban J connectivity index is 2.56. The molecular weight excluding hydrogens is 231 g/mol. The summed E-state index contributed by atoms with van der Waals surface area (Å²) < 4.78 is 38.1. The smallest absolute Gasteiger partial charge is 0.396 e. The van der Waals surface area contributed by atoms with E-state index < -0.39 is 11.7 Å². The summed E-state index contributed by atoms with van der Waals surface area (Å²) in [6.45, 7) is 1.42. The van der Waals surface area contributed by atoms with E-state index in [1.807, 2.05) is 0 Å². The summed E-state index contributed by atoms with van der Waals surface area (Å²) in [5, 5.41) is 6.26. The summed E-state index contributed by atoms with van der Waals surface area (Å²) in [5.41, 5.74) is 6.20. The van der Waals surface area contributed by atoms with Crippen molar-refractivity contribution >= 4 is 5.69 Å². The number of benzene rings is 1. The molecule has 2 aromatic rings. The number of nitrogens with two attached hydrogens (primary N) is 1. The van der Waals surface area contributed by atoms with Gasteiger partial charge in [0.2, 0.25) is 0 Å². The molecule has 0 aliphatic heterocycles. The van der Waals surface area contributed by atoms with Crippen molar-refractivity contribution in [2.75, 3.05) is 5.73 Å². The van der Waals surface area contributed by atoms with Crippen molar-refractivity contribution in [2.45, 2.75) is 13.1 Å². The van der Waals surface area contributed by atoms with Crippen LogP contribution in [-0.4, -0.2) is 10.2 Å². The maximum absolute atomic E-state index is 12.7. The van der Waals surface area contributed by atoms with Gasteiger partial charge in [-0.2, -0.15) is 18.3 Å². The Bertz CT molecular complexity index is 543. The Morgan fingerprint density at radius 3 is 2.53 bits per heavy atom. The van der Waals surface area contributed by atoms with Crippen LogP contribution in [0.3, 0.4) is 0 Å². The number of aromatic nitrogens is 2. The van der Waals surface area contributed by atoms with E-state index in [0.29, 0.717) is 16.9 Å². The van der Waals surface area contributed by atoms with Crippen molar-refractivity contribution in [3.05, 3.63) is 35.5 Å². The molecule has 0 spiro atoms. The molecule has 1 aromatic heterocycles. The largest absolute Gasteiger partial charge is 0.416 e. The Morgan fingerprint density at radius 1 is 1.29 bits per heavy atom. The molecule has 0 unspecified atom stereocenters.